The van der Waals surface area contributed by atoms with E-state index in [2.05, 4.69) is 4.98 Å². The van der Waals surface area contributed by atoms with Gasteiger partial charge in [-0.25, -0.2) is 9.78 Å². The molecule has 0 aliphatic heterocycles. The zero-order valence-electron chi connectivity index (χ0n) is 10.1. The number of aromatic nitrogens is 1. The van der Waals surface area contributed by atoms with Gasteiger partial charge in [-0.15, -0.1) is 11.3 Å². The predicted molar refractivity (Wildman–Crippen MR) is 72.2 cm³/mol. The molecule has 1 heterocycles. The summed E-state index contributed by atoms with van der Waals surface area (Å²) in [6, 6.07) is 5.17. The maximum atomic E-state index is 10.9. The van der Waals surface area contributed by atoms with Crippen LogP contribution in [0.2, 0.25) is 0 Å². The molecule has 0 atom stereocenters. The van der Waals surface area contributed by atoms with E-state index in [4.69, 9.17) is 5.11 Å². The van der Waals surface area contributed by atoms with Crippen molar-refractivity contribution in [1.29, 1.82) is 0 Å². The molecule has 3 rings (SSSR count). The Morgan fingerprint density at radius 2 is 2.17 bits per heavy atom. The fourth-order valence-electron chi connectivity index (χ4n) is 2.65. The van der Waals surface area contributed by atoms with Crippen LogP contribution in [-0.2, 0) is 6.42 Å². The van der Waals surface area contributed by atoms with Crippen LogP contribution < -0.4 is 0 Å². The minimum atomic E-state index is -0.873. The molecule has 0 bridgehead atoms. The van der Waals surface area contributed by atoms with Crippen molar-refractivity contribution in [2.24, 2.45) is 5.92 Å². The number of benzene rings is 1. The van der Waals surface area contributed by atoms with Gasteiger partial charge in [0.1, 0.15) is 0 Å². The standard InChI is InChI=1S/C14H15NO2S/c16-14(17)10-5-6-11-12(8-10)18-13(15-11)7-9-3-1-2-4-9/h5-6,8-9H,1-4,7H2,(H,16,17). The molecule has 0 saturated heterocycles. The SMILES string of the molecule is O=C(O)c1ccc2nc(CC3CCCC3)sc2c1. The minimum Gasteiger partial charge on any atom is -0.478 e. The van der Waals surface area contributed by atoms with Crippen LogP contribution in [0.4, 0.5) is 0 Å². The van der Waals surface area contributed by atoms with Gasteiger partial charge in [-0.3, -0.25) is 0 Å². The lowest BCUT2D eigenvalue weighted by Crippen LogP contribution is -1.97. The number of hydrogen-bond donors (Lipinski definition) is 1. The molecule has 0 amide bonds. The predicted octanol–water partition coefficient (Wildman–Crippen LogP) is 3.73. The molecule has 0 spiro atoms. The number of thiazole rings is 1. The van der Waals surface area contributed by atoms with Crippen molar-refractivity contribution in [3.8, 4) is 0 Å². The summed E-state index contributed by atoms with van der Waals surface area (Å²) in [5.74, 6) is -0.0906. The molecule has 0 unspecified atom stereocenters. The van der Waals surface area contributed by atoms with Crippen molar-refractivity contribution in [2.45, 2.75) is 32.1 Å². The van der Waals surface area contributed by atoms with E-state index in [1.165, 1.54) is 25.7 Å². The summed E-state index contributed by atoms with van der Waals surface area (Å²) >= 11 is 1.64. The highest BCUT2D eigenvalue weighted by molar-refractivity contribution is 7.18. The highest BCUT2D eigenvalue weighted by Gasteiger charge is 2.17. The Kier molecular flexibility index (Phi) is 3.04. The van der Waals surface area contributed by atoms with E-state index in [9.17, 15) is 4.79 Å². The summed E-state index contributed by atoms with van der Waals surface area (Å²) in [4.78, 5) is 15.5. The molecule has 1 aromatic carbocycles. The van der Waals surface area contributed by atoms with E-state index >= 15 is 0 Å². The van der Waals surface area contributed by atoms with Crippen LogP contribution in [0.1, 0.15) is 41.0 Å². The first-order valence-corrected chi connectivity index (χ1v) is 7.17. The Balaban J connectivity index is 1.87. The zero-order chi connectivity index (χ0) is 12.5. The Labute approximate surface area is 109 Å². The lowest BCUT2D eigenvalue weighted by atomic mass is 10.1. The van der Waals surface area contributed by atoms with Gasteiger partial charge in [0.05, 0.1) is 20.8 Å². The van der Waals surface area contributed by atoms with Gasteiger partial charge in [0.2, 0.25) is 0 Å². The van der Waals surface area contributed by atoms with E-state index in [0.29, 0.717) is 5.56 Å². The summed E-state index contributed by atoms with van der Waals surface area (Å²) in [5.41, 5.74) is 1.27. The molecular weight excluding hydrogens is 246 g/mol. The van der Waals surface area contributed by atoms with Crippen LogP contribution in [0.15, 0.2) is 18.2 Å². The van der Waals surface area contributed by atoms with Crippen molar-refractivity contribution in [3.05, 3.63) is 28.8 Å². The summed E-state index contributed by atoms with van der Waals surface area (Å²) in [5, 5.41) is 10.1. The Bertz CT molecular complexity index is 584. The van der Waals surface area contributed by atoms with Crippen molar-refractivity contribution in [1.82, 2.24) is 4.98 Å². The third-order valence-corrected chi connectivity index (χ3v) is 4.66. The highest BCUT2D eigenvalue weighted by atomic mass is 32.1. The molecule has 0 radical (unpaired) electrons. The molecule has 4 heteroatoms. The molecule has 1 fully saturated rings. The minimum absolute atomic E-state index is 0.346. The first-order chi connectivity index (χ1) is 8.72. The molecule has 2 aromatic rings. The van der Waals surface area contributed by atoms with E-state index < -0.39 is 5.97 Å². The normalized spacial score (nSPS) is 16.4. The van der Waals surface area contributed by atoms with Gasteiger partial charge in [0.25, 0.3) is 0 Å². The molecule has 18 heavy (non-hydrogen) atoms. The highest BCUT2D eigenvalue weighted by Crippen LogP contribution is 2.31. The van der Waals surface area contributed by atoms with E-state index in [1.807, 2.05) is 6.07 Å². The summed E-state index contributed by atoms with van der Waals surface area (Å²) in [7, 11) is 0. The van der Waals surface area contributed by atoms with Gasteiger partial charge < -0.3 is 5.11 Å². The van der Waals surface area contributed by atoms with Gasteiger partial charge in [-0.1, -0.05) is 25.7 Å². The molecular formula is C14H15NO2S. The van der Waals surface area contributed by atoms with Crippen LogP contribution in [0.5, 0.6) is 0 Å². The fraction of sp³-hybridized carbons (Fsp3) is 0.429. The first kappa shape index (κ1) is 11.7. The zero-order valence-corrected chi connectivity index (χ0v) is 10.9. The maximum Gasteiger partial charge on any atom is 0.335 e. The molecule has 94 valence electrons. The molecule has 1 saturated carbocycles. The Morgan fingerprint density at radius 1 is 1.39 bits per heavy atom. The molecule has 3 nitrogen and oxygen atoms in total. The van der Waals surface area contributed by atoms with Crippen LogP contribution in [-0.4, -0.2) is 16.1 Å². The third-order valence-electron chi connectivity index (χ3n) is 3.62. The van der Waals surface area contributed by atoms with E-state index in [-0.39, 0.29) is 0 Å². The second-order valence-electron chi connectivity index (χ2n) is 4.95. The Hall–Kier alpha value is -1.42. The van der Waals surface area contributed by atoms with Crippen molar-refractivity contribution < 1.29 is 9.90 Å². The molecule has 1 N–H and O–H groups in total. The van der Waals surface area contributed by atoms with Gasteiger partial charge in [0, 0.05) is 6.42 Å². The van der Waals surface area contributed by atoms with E-state index in [1.54, 1.807) is 23.5 Å². The van der Waals surface area contributed by atoms with Gasteiger partial charge in [0.15, 0.2) is 0 Å². The van der Waals surface area contributed by atoms with Crippen LogP contribution in [0.25, 0.3) is 10.2 Å². The quantitative estimate of drug-likeness (QED) is 0.916. The lowest BCUT2D eigenvalue weighted by Gasteiger charge is -2.04. The van der Waals surface area contributed by atoms with Crippen LogP contribution in [0, 0.1) is 5.92 Å². The third kappa shape index (κ3) is 2.25. The largest absolute Gasteiger partial charge is 0.478 e. The van der Waals surface area contributed by atoms with Crippen molar-refractivity contribution in [2.75, 3.05) is 0 Å². The first-order valence-electron chi connectivity index (χ1n) is 6.35. The lowest BCUT2D eigenvalue weighted by molar-refractivity contribution is 0.0697. The second kappa shape index (κ2) is 4.69. The van der Waals surface area contributed by atoms with Crippen molar-refractivity contribution in [3.63, 3.8) is 0 Å². The van der Waals surface area contributed by atoms with Crippen LogP contribution in [0.3, 0.4) is 0 Å². The summed E-state index contributed by atoms with van der Waals surface area (Å²) in [6.45, 7) is 0. The van der Waals surface area contributed by atoms with Gasteiger partial charge in [-0.05, 0) is 24.1 Å². The topological polar surface area (TPSA) is 50.2 Å². The number of fused-ring (bicyclic) bond motifs is 1. The number of nitrogens with zero attached hydrogens (tertiary/aromatic N) is 1. The number of rotatable bonds is 3. The molecule has 1 aliphatic carbocycles. The molecule has 1 aromatic heterocycles. The van der Waals surface area contributed by atoms with Crippen LogP contribution >= 0.6 is 11.3 Å². The van der Waals surface area contributed by atoms with Gasteiger partial charge >= 0.3 is 5.97 Å². The average Bonchev–Trinajstić information content (AvgIpc) is 2.96. The maximum absolute atomic E-state index is 10.9. The summed E-state index contributed by atoms with van der Waals surface area (Å²) < 4.78 is 0.989. The number of hydrogen-bond acceptors (Lipinski definition) is 3. The number of carboxylic acids is 1. The number of aromatic carboxylic acids is 1. The summed E-state index contributed by atoms with van der Waals surface area (Å²) in [6.07, 6.45) is 6.38. The smallest absolute Gasteiger partial charge is 0.335 e. The fourth-order valence-corrected chi connectivity index (χ4v) is 3.78. The monoisotopic (exact) mass is 261 g/mol. The number of carbonyl (C=O) groups is 1. The Morgan fingerprint density at radius 3 is 2.89 bits per heavy atom. The molecule has 1 aliphatic rings. The van der Waals surface area contributed by atoms with E-state index in [0.717, 1.165) is 27.6 Å². The second-order valence-corrected chi connectivity index (χ2v) is 6.07. The van der Waals surface area contributed by atoms with Crippen molar-refractivity contribution >= 4 is 27.5 Å². The average molecular weight is 261 g/mol. The van der Waals surface area contributed by atoms with Gasteiger partial charge in [-0.2, -0.15) is 0 Å². The number of carboxylic acid groups (broad SMARTS) is 1.